The molecule has 8 nitrogen and oxygen atoms in total. The molecule has 0 fully saturated rings. The van der Waals surface area contributed by atoms with Crippen LogP contribution >= 0.6 is 0 Å². The van der Waals surface area contributed by atoms with Crippen molar-refractivity contribution >= 4 is 17.7 Å². The first kappa shape index (κ1) is 18.9. The highest BCUT2D eigenvalue weighted by atomic mass is 16.6. The van der Waals surface area contributed by atoms with Gasteiger partial charge in [0.05, 0.1) is 6.20 Å². The molecule has 8 heteroatoms. The van der Waals surface area contributed by atoms with Crippen molar-refractivity contribution in [3.63, 3.8) is 0 Å². The average Bonchev–Trinajstić information content (AvgIpc) is 3.03. The molecular weight excluding hydrogens is 342 g/mol. The number of aliphatic hydroxyl groups is 1. The minimum absolute atomic E-state index is 0.0254. The number of nitrogens with zero attached hydrogens (tertiary/aromatic N) is 1. The van der Waals surface area contributed by atoms with Gasteiger partial charge in [-0.05, 0) is 32.9 Å². The molecule has 0 unspecified atom stereocenters. The average molecular weight is 359 g/mol. The Morgan fingerprint density at radius 2 is 1.88 bits per heavy atom. The molecule has 0 spiro atoms. The van der Waals surface area contributed by atoms with Crippen LogP contribution in [0.25, 0.3) is 11.5 Å². The Morgan fingerprint density at radius 1 is 1.19 bits per heavy atom. The second kappa shape index (κ2) is 7.22. The third-order valence-corrected chi connectivity index (χ3v) is 2.99. The number of hydrogen-bond donors (Lipinski definition) is 2. The predicted molar refractivity (Wildman–Crippen MR) is 89.8 cm³/mol. The van der Waals surface area contributed by atoms with Crippen molar-refractivity contribution in [2.24, 2.45) is 0 Å². The second-order valence-electron chi connectivity index (χ2n) is 6.31. The number of allylic oxidation sites excluding steroid dienone is 1. The number of carbonyl (C=O) groups is 3. The van der Waals surface area contributed by atoms with Crippen LogP contribution in [-0.4, -0.2) is 38.5 Å². The molecule has 136 valence electrons. The molecule has 0 atom stereocenters. The minimum atomic E-state index is -1.26. The fraction of sp³-hybridized carbons (Fsp3) is 0.222. The summed E-state index contributed by atoms with van der Waals surface area (Å²) in [5.41, 5.74) is -0.296. The van der Waals surface area contributed by atoms with Crippen LogP contribution in [0.3, 0.4) is 0 Å². The fourth-order valence-electron chi connectivity index (χ4n) is 1.91. The maximum absolute atomic E-state index is 12.2. The Hall–Kier alpha value is -3.42. The summed E-state index contributed by atoms with van der Waals surface area (Å²) in [5, 5.41) is 18.6. The van der Waals surface area contributed by atoms with Gasteiger partial charge in [-0.3, -0.25) is 4.79 Å². The van der Waals surface area contributed by atoms with Crippen molar-refractivity contribution < 1.29 is 33.8 Å². The second-order valence-corrected chi connectivity index (χ2v) is 6.31. The Bertz CT molecular complexity index is 887. The van der Waals surface area contributed by atoms with Crippen molar-refractivity contribution in [3.8, 4) is 11.5 Å². The van der Waals surface area contributed by atoms with E-state index in [4.69, 9.17) is 14.3 Å². The summed E-state index contributed by atoms with van der Waals surface area (Å²) in [6.07, 6.45) is 1.81. The maximum Gasteiger partial charge on any atom is 0.374 e. The number of esters is 1. The first-order valence-electron chi connectivity index (χ1n) is 7.55. The lowest BCUT2D eigenvalue weighted by Gasteiger charge is -2.18. The predicted octanol–water partition coefficient (Wildman–Crippen LogP) is 3.01. The standard InChI is InChI=1S/C18H17NO7/c1-18(2,3)26-17(24)13(21)8-12(20)10-5-4-6-11(7-10)15-19-9-14(25-15)16(22)23/h4-9,21H,1-3H3,(H,22,23)/b13-8-. The molecule has 2 rings (SSSR count). The van der Waals surface area contributed by atoms with Gasteiger partial charge < -0.3 is 19.4 Å². The van der Waals surface area contributed by atoms with Gasteiger partial charge in [-0.1, -0.05) is 12.1 Å². The number of carboxylic acid groups (broad SMARTS) is 1. The van der Waals surface area contributed by atoms with Crippen LogP contribution in [0.15, 0.2) is 46.7 Å². The van der Waals surface area contributed by atoms with Gasteiger partial charge in [-0.25, -0.2) is 14.6 Å². The Morgan fingerprint density at radius 3 is 2.46 bits per heavy atom. The maximum atomic E-state index is 12.2. The fourth-order valence-corrected chi connectivity index (χ4v) is 1.91. The molecule has 0 aliphatic heterocycles. The highest BCUT2D eigenvalue weighted by Crippen LogP contribution is 2.21. The van der Waals surface area contributed by atoms with Crippen LogP contribution in [-0.2, 0) is 9.53 Å². The van der Waals surface area contributed by atoms with E-state index in [1.807, 2.05) is 0 Å². The van der Waals surface area contributed by atoms with Crippen LogP contribution in [0.4, 0.5) is 0 Å². The van der Waals surface area contributed by atoms with Crippen LogP contribution < -0.4 is 0 Å². The van der Waals surface area contributed by atoms with E-state index >= 15 is 0 Å². The van der Waals surface area contributed by atoms with Crippen molar-refractivity contribution in [2.75, 3.05) is 0 Å². The van der Waals surface area contributed by atoms with E-state index in [-0.39, 0.29) is 17.2 Å². The number of rotatable bonds is 5. The van der Waals surface area contributed by atoms with E-state index in [9.17, 15) is 19.5 Å². The zero-order valence-electron chi connectivity index (χ0n) is 14.3. The molecule has 2 aromatic rings. The van der Waals surface area contributed by atoms with Crippen LogP contribution in [0, 0.1) is 0 Å². The lowest BCUT2D eigenvalue weighted by molar-refractivity contribution is -0.153. The summed E-state index contributed by atoms with van der Waals surface area (Å²) in [4.78, 5) is 38.6. The molecule has 26 heavy (non-hydrogen) atoms. The van der Waals surface area contributed by atoms with Crippen LogP contribution in [0.1, 0.15) is 41.7 Å². The molecule has 1 aromatic heterocycles. The van der Waals surface area contributed by atoms with Gasteiger partial charge in [0, 0.05) is 17.2 Å². The summed E-state index contributed by atoms with van der Waals surface area (Å²) in [5.74, 6) is -4.04. The SMILES string of the molecule is CC(C)(C)OC(=O)/C(O)=C/C(=O)c1cccc(-c2ncc(C(=O)O)o2)c1. The number of oxazole rings is 1. The van der Waals surface area contributed by atoms with Crippen molar-refractivity contribution in [3.05, 3.63) is 53.6 Å². The van der Waals surface area contributed by atoms with Gasteiger partial charge in [0.15, 0.2) is 5.78 Å². The molecule has 0 bridgehead atoms. The first-order valence-corrected chi connectivity index (χ1v) is 7.55. The number of aromatic nitrogens is 1. The number of carboxylic acids is 1. The Balaban J connectivity index is 2.23. The topological polar surface area (TPSA) is 127 Å². The highest BCUT2D eigenvalue weighted by Gasteiger charge is 2.20. The van der Waals surface area contributed by atoms with Gasteiger partial charge in [-0.15, -0.1) is 0 Å². The number of aromatic carboxylic acids is 1. The molecular formula is C18H17NO7. The molecule has 0 amide bonds. The number of ether oxygens (including phenoxy) is 1. The summed E-state index contributed by atoms with van der Waals surface area (Å²) >= 11 is 0. The van der Waals surface area contributed by atoms with E-state index in [0.717, 1.165) is 12.3 Å². The minimum Gasteiger partial charge on any atom is -0.502 e. The van der Waals surface area contributed by atoms with E-state index in [1.54, 1.807) is 26.8 Å². The number of ketones is 1. The molecule has 1 aromatic carbocycles. The first-order chi connectivity index (χ1) is 12.1. The van der Waals surface area contributed by atoms with Gasteiger partial charge in [-0.2, -0.15) is 0 Å². The van der Waals surface area contributed by atoms with Gasteiger partial charge in [0.2, 0.25) is 17.4 Å². The lowest BCUT2D eigenvalue weighted by Crippen LogP contribution is -2.25. The lowest BCUT2D eigenvalue weighted by atomic mass is 10.1. The quantitative estimate of drug-likeness (QED) is 0.361. The third-order valence-electron chi connectivity index (χ3n) is 2.99. The van der Waals surface area contributed by atoms with Crippen LogP contribution in [0.5, 0.6) is 0 Å². The van der Waals surface area contributed by atoms with Crippen LogP contribution in [0.2, 0.25) is 0 Å². The molecule has 2 N–H and O–H groups in total. The van der Waals surface area contributed by atoms with Crippen molar-refractivity contribution in [2.45, 2.75) is 26.4 Å². The molecule has 0 saturated carbocycles. The summed E-state index contributed by atoms with van der Waals surface area (Å²) in [6.45, 7) is 4.89. The highest BCUT2D eigenvalue weighted by molar-refractivity contribution is 6.08. The number of benzene rings is 1. The Kier molecular flexibility index (Phi) is 5.25. The van der Waals surface area contributed by atoms with E-state index < -0.39 is 29.1 Å². The van der Waals surface area contributed by atoms with E-state index in [0.29, 0.717) is 5.56 Å². The molecule has 0 aliphatic rings. The molecule has 0 aliphatic carbocycles. The molecule has 1 heterocycles. The smallest absolute Gasteiger partial charge is 0.374 e. The monoisotopic (exact) mass is 359 g/mol. The zero-order chi connectivity index (χ0) is 19.5. The third kappa shape index (κ3) is 4.79. The van der Waals surface area contributed by atoms with Crippen molar-refractivity contribution in [1.29, 1.82) is 0 Å². The summed E-state index contributed by atoms with van der Waals surface area (Å²) in [6, 6.07) is 5.97. The van der Waals surface area contributed by atoms with Crippen molar-refractivity contribution in [1.82, 2.24) is 4.98 Å². The van der Waals surface area contributed by atoms with Gasteiger partial charge in [0.1, 0.15) is 5.60 Å². The molecule has 0 saturated heterocycles. The molecule has 0 radical (unpaired) electrons. The normalized spacial score (nSPS) is 11.9. The van der Waals surface area contributed by atoms with E-state index in [2.05, 4.69) is 4.98 Å². The summed E-state index contributed by atoms with van der Waals surface area (Å²) < 4.78 is 10.0. The van der Waals surface area contributed by atoms with Gasteiger partial charge >= 0.3 is 11.9 Å². The number of carbonyl (C=O) groups excluding carboxylic acids is 2. The zero-order valence-corrected chi connectivity index (χ0v) is 14.3. The van der Waals surface area contributed by atoms with Gasteiger partial charge in [0.25, 0.3) is 0 Å². The Labute approximate surface area is 148 Å². The summed E-state index contributed by atoms with van der Waals surface area (Å²) in [7, 11) is 0. The number of hydrogen-bond acceptors (Lipinski definition) is 7. The number of aliphatic hydroxyl groups excluding tert-OH is 1. The largest absolute Gasteiger partial charge is 0.502 e. The van der Waals surface area contributed by atoms with E-state index in [1.165, 1.54) is 18.2 Å².